The predicted octanol–water partition coefficient (Wildman–Crippen LogP) is 2.73. The second-order valence-electron chi connectivity index (χ2n) is 5.47. The van der Waals surface area contributed by atoms with Crippen LogP contribution in [0.4, 0.5) is 11.4 Å². The van der Waals surface area contributed by atoms with Gasteiger partial charge in [-0.25, -0.2) is 0 Å². The summed E-state index contributed by atoms with van der Waals surface area (Å²) in [7, 11) is 0. The van der Waals surface area contributed by atoms with Gasteiger partial charge in [0.1, 0.15) is 0 Å². The summed E-state index contributed by atoms with van der Waals surface area (Å²) in [4.78, 5) is 13.0. The lowest BCUT2D eigenvalue weighted by molar-refractivity contribution is -0.385. The first kappa shape index (κ1) is 14.8. The topological polar surface area (TPSA) is 58.4 Å². The number of aryl methyl sites for hydroxylation is 1. The highest BCUT2D eigenvalue weighted by Gasteiger charge is 2.21. The van der Waals surface area contributed by atoms with Crippen molar-refractivity contribution in [2.45, 2.75) is 26.7 Å². The molecular weight excluding hydrogens is 254 g/mol. The van der Waals surface area contributed by atoms with Gasteiger partial charge in [0.2, 0.25) is 0 Å². The molecule has 0 spiro atoms. The molecule has 1 aromatic carbocycles. The highest BCUT2D eigenvalue weighted by Crippen LogP contribution is 2.28. The second kappa shape index (κ2) is 6.70. The molecule has 0 amide bonds. The minimum absolute atomic E-state index is 0.220. The molecule has 1 fully saturated rings. The van der Waals surface area contributed by atoms with Crippen molar-refractivity contribution in [2.24, 2.45) is 5.92 Å². The largest absolute Gasteiger partial charge is 0.371 e. The number of benzene rings is 1. The van der Waals surface area contributed by atoms with Gasteiger partial charge in [0.15, 0.2) is 0 Å². The summed E-state index contributed by atoms with van der Waals surface area (Å²) >= 11 is 0. The lowest BCUT2D eigenvalue weighted by Crippen LogP contribution is -2.37. The van der Waals surface area contributed by atoms with Gasteiger partial charge in [-0.15, -0.1) is 0 Å². The zero-order chi connectivity index (χ0) is 14.5. The second-order valence-corrected chi connectivity index (χ2v) is 5.47. The Morgan fingerprint density at radius 3 is 2.70 bits per heavy atom. The van der Waals surface area contributed by atoms with Crippen molar-refractivity contribution in [2.75, 3.05) is 31.1 Å². The van der Waals surface area contributed by atoms with Crippen LogP contribution in [-0.2, 0) is 0 Å². The van der Waals surface area contributed by atoms with Crippen LogP contribution in [0.5, 0.6) is 0 Å². The molecule has 0 aliphatic carbocycles. The van der Waals surface area contributed by atoms with Crippen molar-refractivity contribution in [3.05, 3.63) is 33.9 Å². The molecule has 1 saturated heterocycles. The molecule has 20 heavy (non-hydrogen) atoms. The summed E-state index contributed by atoms with van der Waals surface area (Å²) in [5.41, 5.74) is 1.92. The number of hydrogen-bond acceptors (Lipinski definition) is 4. The minimum Gasteiger partial charge on any atom is -0.371 e. The van der Waals surface area contributed by atoms with E-state index in [9.17, 15) is 10.1 Å². The average molecular weight is 277 g/mol. The summed E-state index contributed by atoms with van der Waals surface area (Å²) in [6, 6.07) is 5.55. The van der Waals surface area contributed by atoms with Gasteiger partial charge in [0.25, 0.3) is 5.69 Å². The van der Waals surface area contributed by atoms with Crippen LogP contribution in [0.3, 0.4) is 0 Å². The Labute approximate surface area is 120 Å². The first-order valence-electron chi connectivity index (χ1n) is 7.32. The molecule has 0 radical (unpaired) electrons. The van der Waals surface area contributed by atoms with Gasteiger partial charge in [0.05, 0.1) is 4.92 Å². The lowest BCUT2D eigenvalue weighted by atomic mass is 9.96. The Hall–Kier alpha value is -1.62. The molecular formula is C15H23N3O2. The summed E-state index contributed by atoms with van der Waals surface area (Å²) in [5, 5.41) is 14.4. The third-order valence-corrected chi connectivity index (χ3v) is 4.05. The van der Waals surface area contributed by atoms with Crippen LogP contribution in [0, 0.1) is 23.0 Å². The Morgan fingerprint density at radius 1 is 1.40 bits per heavy atom. The summed E-state index contributed by atoms with van der Waals surface area (Å²) in [5.74, 6) is 0.728. The number of nitro groups is 1. The Balaban J connectivity index is 2.00. The highest BCUT2D eigenvalue weighted by atomic mass is 16.6. The van der Waals surface area contributed by atoms with E-state index in [2.05, 4.69) is 17.1 Å². The molecule has 1 N–H and O–H groups in total. The third-order valence-electron chi connectivity index (χ3n) is 4.05. The minimum atomic E-state index is -0.295. The zero-order valence-corrected chi connectivity index (χ0v) is 12.3. The van der Waals surface area contributed by atoms with E-state index < -0.39 is 0 Å². The van der Waals surface area contributed by atoms with Crippen LogP contribution in [0.15, 0.2) is 18.2 Å². The maximum atomic E-state index is 11.0. The van der Waals surface area contributed by atoms with Crippen molar-refractivity contribution in [1.82, 2.24) is 5.32 Å². The van der Waals surface area contributed by atoms with E-state index >= 15 is 0 Å². The Bertz CT molecular complexity index is 468. The van der Waals surface area contributed by atoms with E-state index in [4.69, 9.17) is 0 Å². The van der Waals surface area contributed by atoms with Gasteiger partial charge >= 0.3 is 0 Å². The molecule has 2 rings (SSSR count). The van der Waals surface area contributed by atoms with Crippen LogP contribution in [0.2, 0.25) is 0 Å². The molecule has 0 bridgehead atoms. The van der Waals surface area contributed by atoms with E-state index in [1.54, 1.807) is 13.0 Å². The Morgan fingerprint density at radius 2 is 2.10 bits per heavy atom. The van der Waals surface area contributed by atoms with Crippen molar-refractivity contribution in [3.8, 4) is 0 Å². The molecule has 0 atom stereocenters. The van der Waals surface area contributed by atoms with Crippen molar-refractivity contribution >= 4 is 11.4 Å². The first-order chi connectivity index (χ1) is 9.61. The summed E-state index contributed by atoms with van der Waals surface area (Å²) in [6.45, 7) is 7.97. The standard InChI is InChI=1S/C15H23N3O2/c1-3-16-11-13-6-8-17(9-7-13)14-5-4-12(2)15(10-14)18(19)20/h4-5,10,13,16H,3,6-9,11H2,1-2H3. The van der Waals surface area contributed by atoms with E-state index in [-0.39, 0.29) is 10.6 Å². The highest BCUT2D eigenvalue weighted by molar-refractivity contribution is 5.56. The Kier molecular flexibility index (Phi) is 4.95. The van der Waals surface area contributed by atoms with E-state index in [1.165, 1.54) is 0 Å². The SMILES string of the molecule is CCNCC1CCN(c2ccc(C)c([N+](=O)[O-])c2)CC1. The molecule has 1 aliphatic rings. The molecule has 1 heterocycles. The van der Waals surface area contributed by atoms with Crippen molar-refractivity contribution in [3.63, 3.8) is 0 Å². The van der Waals surface area contributed by atoms with Gasteiger partial charge < -0.3 is 10.2 Å². The van der Waals surface area contributed by atoms with E-state index in [0.717, 1.165) is 56.2 Å². The number of nitrogens with zero attached hydrogens (tertiary/aromatic N) is 2. The molecule has 0 aromatic heterocycles. The fraction of sp³-hybridized carbons (Fsp3) is 0.600. The fourth-order valence-electron chi connectivity index (χ4n) is 2.73. The number of nitro benzene ring substituents is 1. The monoisotopic (exact) mass is 277 g/mol. The predicted molar refractivity (Wildman–Crippen MR) is 81.3 cm³/mol. The molecule has 5 heteroatoms. The smallest absolute Gasteiger partial charge is 0.274 e. The molecule has 5 nitrogen and oxygen atoms in total. The van der Waals surface area contributed by atoms with Crippen LogP contribution in [0.25, 0.3) is 0 Å². The molecule has 0 unspecified atom stereocenters. The van der Waals surface area contributed by atoms with Crippen LogP contribution in [-0.4, -0.2) is 31.1 Å². The van der Waals surface area contributed by atoms with Crippen molar-refractivity contribution in [1.29, 1.82) is 0 Å². The quantitative estimate of drug-likeness (QED) is 0.664. The lowest BCUT2D eigenvalue weighted by Gasteiger charge is -2.33. The average Bonchev–Trinajstić information content (AvgIpc) is 2.46. The van der Waals surface area contributed by atoms with Gasteiger partial charge in [-0.1, -0.05) is 13.0 Å². The fourth-order valence-corrected chi connectivity index (χ4v) is 2.73. The molecule has 0 saturated carbocycles. The van der Waals surface area contributed by atoms with Gasteiger partial charge in [-0.05, 0) is 44.8 Å². The summed E-state index contributed by atoms with van der Waals surface area (Å²) < 4.78 is 0. The van der Waals surface area contributed by atoms with Crippen LogP contribution >= 0.6 is 0 Å². The van der Waals surface area contributed by atoms with Crippen molar-refractivity contribution < 1.29 is 4.92 Å². The first-order valence-corrected chi connectivity index (χ1v) is 7.32. The maximum absolute atomic E-state index is 11.0. The van der Waals surface area contributed by atoms with Gasteiger partial charge in [-0.3, -0.25) is 10.1 Å². The molecule has 110 valence electrons. The number of anilines is 1. The normalized spacial score (nSPS) is 16.4. The van der Waals surface area contributed by atoms with Gasteiger partial charge in [0, 0.05) is 30.4 Å². The number of hydrogen-bond donors (Lipinski definition) is 1. The zero-order valence-electron chi connectivity index (χ0n) is 12.3. The van der Waals surface area contributed by atoms with Gasteiger partial charge in [-0.2, -0.15) is 0 Å². The molecule has 1 aromatic rings. The van der Waals surface area contributed by atoms with Crippen LogP contribution < -0.4 is 10.2 Å². The van der Waals surface area contributed by atoms with E-state index in [0.29, 0.717) is 0 Å². The van der Waals surface area contributed by atoms with Crippen LogP contribution in [0.1, 0.15) is 25.3 Å². The number of piperidine rings is 1. The third kappa shape index (κ3) is 3.48. The molecule has 1 aliphatic heterocycles. The summed E-state index contributed by atoms with van der Waals surface area (Å²) in [6.07, 6.45) is 2.29. The van der Waals surface area contributed by atoms with E-state index in [1.807, 2.05) is 12.1 Å². The maximum Gasteiger partial charge on any atom is 0.274 e. The number of nitrogens with one attached hydrogen (secondary N) is 1. The number of rotatable bonds is 5.